The first-order valence-electron chi connectivity index (χ1n) is 15.0. The average molecular weight is 638 g/mol. The molecule has 0 unspecified atom stereocenters. The zero-order valence-corrected chi connectivity index (χ0v) is 26.5. The van der Waals surface area contributed by atoms with Crippen molar-refractivity contribution in [2.45, 2.75) is 45.1 Å². The number of dihydropyridines is 1. The lowest BCUT2D eigenvalue weighted by Gasteiger charge is -2.37. The van der Waals surface area contributed by atoms with Crippen LogP contribution >= 0.6 is 11.6 Å². The van der Waals surface area contributed by atoms with Gasteiger partial charge in [-0.1, -0.05) is 54.1 Å². The molecular weight excluding hydrogens is 605 g/mol. The number of pyridine rings is 1. The highest BCUT2D eigenvalue weighted by Gasteiger charge is 2.41. The van der Waals surface area contributed by atoms with Crippen molar-refractivity contribution in [1.29, 1.82) is 0 Å². The second-order valence-electron chi connectivity index (χ2n) is 11.5. The van der Waals surface area contributed by atoms with Gasteiger partial charge in [0, 0.05) is 52.7 Å². The molecule has 1 aromatic heterocycles. The zero-order chi connectivity index (χ0) is 32.4. The third-order valence-corrected chi connectivity index (χ3v) is 8.80. The van der Waals surface area contributed by atoms with E-state index in [2.05, 4.69) is 15.6 Å². The fourth-order valence-corrected chi connectivity index (χ4v) is 6.41. The van der Waals surface area contributed by atoms with E-state index in [1.54, 1.807) is 13.3 Å². The Hall–Kier alpha value is -4.95. The van der Waals surface area contributed by atoms with Crippen molar-refractivity contribution < 1.29 is 23.5 Å². The highest BCUT2D eigenvalue weighted by molar-refractivity contribution is 6.30. The Morgan fingerprint density at radius 3 is 2.57 bits per heavy atom. The maximum Gasteiger partial charge on any atom is 0.255 e. The first-order chi connectivity index (χ1) is 22.2. The van der Waals surface area contributed by atoms with E-state index >= 15 is 0 Å². The molecule has 234 valence electrons. The quantitative estimate of drug-likeness (QED) is 0.205. The van der Waals surface area contributed by atoms with Crippen LogP contribution < -0.4 is 20.1 Å². The van der Waals surface area contributed by atoms with Crippen molar-refractivity contribution in [3.05, 3.63) is 141 Å². The Morgan fingerprint density at radius 2 is 1.83 bits per heavy atom. The van der Waals surface area contributed by atoms with Gasteiger partial charge in [-0.15, -0.1) is 0 Å². The van der Waals surface area contributed by atoms with E-state index in [-0.39, 0.29) is 29.2 Å². The van der Waals surface area contributed by atoms with Gasteiger partial charge in [0.25, 0.3) is 5.91 Å². The Balaban J connectivity index is 1.41. The summed E-state index contributed by atoms with van der Waals surface area (Å²) < 4.78 is 25.3. The molecule has 0 fully saturated rings. The molecule has 46 heavy (non-hydrogen) atoms. The molecule has 2 aliphatic rings. The van der Waals surface area contributed by atoms with E-state index < -0.39 is 11.7 Å². The summed E-state index contributed by atoms with van der Waals surface area (Å²) in [5.74, 6) is -0.144. The first kappa shape index (κ1) is 31.0. The minimum Gasteiger partial charge on any atom is -0.496 e. The van der Waals surface area contributed by atoms with Crippen LogP contribution in [0.5, 0.6) is 11.5 Å². The smallest absolute Gasteiger partial charge is 0.255 e. The second-order valence-corrected chi connectivity index (χ2v) is 11.9. The number of aryl methyl sites for hydroxylation is 1. The van der Waals surface area contributed by atoms with E-state index in [0.717, 1.165) is 22.4 Å². The van der Waals surface area contributed by atoms with Gasteiger partial charge in [0.1, 0.15) is 29.7 Å². The third-order valence-electron chi connectivity index (χ3n) is 8.51. The second kappa shape index (κ2) is 13.2. The lowest BCUT2D eigenvalue weighted by atomic mass is 9.71. The molecule has 2 N–H and O–H groups in total. The average Bonchev–Trinajstić information content (AvgIpc) is 3.05. The number of Topliss-reactive ketones (excluding diaryl/α,β-unsaturated/α-hetero) is 1. The number of anilines is 1. The molecular formula is C37H33ClFN3O4. The predicted octanol–water partition coefficient (Wildman–Crippen LogP) is 7.77. The highest BCUT2D eigenvalue weighted by atomic mass is 35.5. The Morgan fingerprint density at radius 1 is 1.02 bits per heavy atom. The molecule has 7 nitrogen and oxygen atoms in total. The number of carbonyl (C=O) groups is 2. The topological polar surface area (TPSA) is 89.5 Å². The van der Waals surface area contributed by atoms with Crippen LogP contribution in [0, 0.1) is 12.7 Å². The van der Waals surface area contributed by atoms with Crippen LogP contribution in [-0.4, -0.2) is 23.8 Å². The molecule has 3 aromatic carbocycles. The lowest BCUT2D eigenvalue weighted by Crippen LogP contribution is -2.37. The maximum absolute atomic E-state index is 14.1. The molecule has 0 spiro atoms. The third kappa shape index (κ3) is 6.26. The monoisotopic (exact) mass is 637 g/mol. The molecule has 2 heterocycles. The van der Waals surface area contributed by atoms with Crippen LogP contribution in [0.3, 0.4) is 0 Å². The van der Waals surface area contributed by atoms with Crippen LogP contribution in [0.1, 0.15) is 53.9 Å². The lowest BCUT2D eigenvalue weighted by molar-refractivity contribution is -0.116. The predicted molar refractivity (Wildman–Crippen MR) is 175 cm³/mol. The van der Waals surface area contributed by atoms with Gasteiger partial charge in [-0.2, -0.15) is 0 Å². The molecule has 0 bridgehead atoms. The molecule has 9 heteroatoms. The van der Waals surface area contributed by atoms with Crippen LogP contribution in [-0.2, 0) is 16.2 Å². The summed E-state index contributed by atoms with van der Waals surface area (Å²) in [5.41, 5.74) is 5.81. The van der Waals surface area contributed by atoms with Crippen LogP contribution in [0.2, 0.25) is 5.02 Å². The fourth-order valence-electron chi connectivity index (χ4n) is 6.24. The van der Waals surface area contributed by atoms with E-state index in [4.69, 9.17) is 21.1 Å². The van der Waals surface area contributed by atoms with E-state index in [0.29, 0.717) is 52.6 Å². The summed E-state index contributed by atoms with van der Waals surface area (Å²) in [6.45, 7) is 3.82. The summed E-state index contributed by atoms with van der Waals surface area (Å²) in [4.78, 5) is 32.5. The van der Waals surface area contributed by atoms with E-state index in [1.165, 1.54) is 18.2 Å². The van der Waals surface area contributed by atoms with Crippen LogP contribution in [0.25, 0.3) is 0 Å². The van der Waals surface area contributed by atoms with Crippen molar-refractivity contribution in [1.82, 2.24) is 10.3 Å². The Labute approximate surface area is 272 Å². The van der Waals surface area contributed by atoms with Crippen molar-refractivity contribution in [3.8, 4) is 11.5 Å². The van der Waals surface area contributed by atoms with E-state index in [1.807, 2.05) is 74.5 Å². The summed E-state index contributed by atoms with van der Waals surface area (Å²) >= 11 is 5.97. The molecule has 0 saturated heterocycles. The van der Waals surface area contributed by atoms with Gasteiger partial charge < -0.3 is 20.1 Å². The van der Waals surface area contributed by atoms with Crippen LogP contribution in [0.4, 0.5) is 10.2 Å². The number of benzene rings is 3. The molecule has 4 aromatic rings. The number of aromatic nitrogens is 1. The first-order valence-corrected chi connectivity index (χ1v) is 15.4. The number of nitrogens with one attached hydrogen (secondary N) is 2. The number of ketones is 1. The molecule has 1 aliphatic carbocycles. The number of allylic oxidation sites excluding steroid dienone is 3. The number of amides is 1. The minimum absolute atomic E-state index is 0.0160. The number of nitrogens with zero attached hydrogens (tertiary/aromatic N) is 1. The minimum atomic E-state index is -0.658. The molecule has 0 radical (unpaired) electrons. The largest absolute Gasteiger partial charge is 0.496 e. The van der Waals surface area contributed by atoms with Gasteiger partial charge in [0.15, 0.2) is 5.78 Å². The Kier molecular flexibility index (Phi) is 8.90. The molecule has 1 amide bonds. The molecule has 2 atom stereocenters. The highest BCUT2D eigenvalue weighted by Crippen LogP contribution is 2.46. The van der Waals surface area contributed by atoms with Gasteiger partial charge in [0.2, 0.25) is 0 Å². The number of rotatable bonds is 8. The number of methoxy groups -OCH3 is 1. The van der Waals surface area contributed by atoms with Gasteiger partial charge in [-0.3, -0.25) is 9.59 Å². The number of carbonyl (C=O) groups excluding carboxylic acids is 2. The summed E-state index contributed by atoms with van der Waals surface area (Å²) in [5, 5.41) is 6.37. The SMILES string of the molecule is COc1ccc([C@@H]2C(C(=O)Nc3ncccc3C)=C(C)NC3=C2C(=O)C[C@H](c2ccccc2)C3)cc1COc1ccc(F)c(Cl)c1. The molecule has 0 saturated carbocycles. The summed E-state index contributed by atoms with van der Waals surface area (Å²) in [6, 6.07) is 23.4. The van der Waals surface area contributed by atoms with Crippen molar-refractivity contribution in [3.63, 3.8) is 0 Å². The molecule has 6 rings (SSSR count). The van der Waals surface area contributed by atoms with Crippen molar-refractivity contribution in [2.24, 2.45) is 0 Å². The maximum atomic E-state index is 14.1. The normalized spacial score (nSPS) is 17.7. The Bertz CT molecular complexity index is 1890. The summed E-state index contributed by atoms with van der Waals surface area (Å²) in [7, 11) is 1.56. The fraction of sp³-hybridized carbons (Fsp3) is 0.216. The van der Waals surface area contributed by atoms with Crippen molar-refractivity contribution >= 4 is 29.1 Å². The summed E-state index contributed by atoms with van der Waals surface area (Å²) in [6.07, 6.45) is 2.58. The van der Waals surface area contributed by atoms with Gasteiger partial charge in [-0.25, -0.2) is 9.37 Å². The van der Waals surface area contributed by atoms with Gasteiger partial charge >= 0.3 is 0 Å². The number of ether oxygens (including phenoxy) is 2. The van der Waals surface area contributed by atoms with Gasteiger partial charge in [0.05, 0.1) is 12.1 Å². The standard InChI is InChI=1S/C37H33ClFN3O4/c1-21-8-7-15-40-36(21)42-37(44)33-22(2)41-30-17-25(23-9-5-4-6-10-23)18-31(43)35(30)34(33)24-11-14-32(45-3)26(16-24)20-46-27-12-13-29(39)28(38)19-27/h4-16,19,25,34,41H,17-18,20H2,1-3H3,(H,40,42,44)/t25-,34-/m1/s1. The molecule has 1 aliphatic heterocycles. The number of hydrogen-bond acceptors (Lipinski definition) is 6. The van der Waals surface area contributed by atoms with E-state index in [9.17, 15) is 14.0 Å². The zero-order valence-electron chi connectivity index (χ0n) is 25.7. The van der Waals surface area contributed by atoms with Crippen LogP contribution in [0.15, 0.2) is 108 Å². The number of halogens is 2. The number of hydrogen-bond donors (Lipinski definition) is 2. The van der Waals surface area contributed by atoms with Crippen molar-refractivity contribution in [2.75, 3.05) is 12.4 Å². The van der Waals surface area contributed by atoms with Gasteiger partial charge in [-0.05, 0) is 73.2 Å².